The minimum atomic E-state index is -0.367. The Morgan fingerprint density at radius 2 is 1.95 bits per heavy atom. The third-order valence-electron chi connectivity index (χ3n) is 3.34. The fraction of sp³-hybridized carbons (Fsp3) is 0.250. The van der Waals surface area contributed by atoms with Crippen molar-refractivity contribution in [3.63, 3.8) is 0 Å². The van der Waals surface area contributed by atoms with Gasteiger partial charge in [0.15, 0.2) is 0 Å². The molecule has 0 aliphatic heterocycles. The summed E-state index contributed by atoms with van der Waals surface area (Å²) in [4.78, 5) is 12.8. The molecule has 0 atom stereocenters. The van der Waals surface area contributed by atoms with Crippen LogP contribution in [-0.4, -0.2) is 18.5 Å². The molecule has 2 aromatic carbocycles. The maximum Gasteiger partial charge on any atom is 0.273 e. The number of hydrogen-bond donors (Lipinski definition) is 1. The molecule has 0 unspecified atom stereocenters. The fourth-order valence-corrected chi connectivity index (χ4v) is 2.31. The summed E-state index contributed by atoms with van der Waals surface area (Å²) in [6, 6.07) is 13.2. The molecule has 0 radical (unpaired) electrons. The number of anilines is 3. The molecule has 110 valence electrons. The molecule has 0 saturated heterocycles. The van der Waals surface area contributed by atoms with Gasteiger partial charge in [0.1, 0.15) is 0 Å². The van der Waals surface area contributed by atoms with Gasteiger partial charge in [0.25, 0.3) is 5.69 Å². The average Bonchev–Trinajstić information content (AvgIpc) is 2.47. The summed E-state index contributed by atoms with van der Waals surface area (Å²) in [6.07, 6.45) is 0. The van der Waals surface area contributed by atoms with Crippen molar-refractivity contribution in [1.82, 2.24) is 0 Å². The zero-order valence-electron chi connectivity index (χ0n) is 12.5. The van der Waals surface area contributed by atoms with Crippen LogP contribution in [0, 0.1) is 17.0 Å². The Labute approximate surface area is 124 Å². The van der Waals surface area contributed by atoms with Crippen LogP contribution in [-0.2, 0) is 0 Å². The molecule has 21 heavy (non-hydrogen) atoms. The lowest BCUT2D eigenvalue weighted by atomic mass is 10.1. The van der Waals surface area contributed by atoms with Gasteiger partial charge >= 0.3 is 0 Å². The molecule has 0 aliphatic carbocycles. The van der Waals surface area contributed by atoms with Gasteiger partial charge in [0.05, 0.1) is 4.92 Å². The van der Waals surface area contributed by atoms with Gasteiger partial charge in [-0.25, -0.2) is 0 Å². The lowest BCUT2D eigenvalue weighted by Gasteiger charge is -2.24. The molecule has 0 heterocycles. The van der Waals surface area contributed by atoms with Crippen LogP contribution in [0.4, 0.5) is 22.7 Å². The highest BCUT2D eigenvalue weighted by atomic mass is 16.6. The van der Waals surface area contributed by atoms with Crippen LogP contribution in [0.1, 0.15) is 12.5 Å². The standard InChI is InChI=1S/C16H19N3O2/c1-4-18(14-7-5-6-12(2)8-14)15-9-13(17-3)10-16(11-15)19(20)21/h5-11,17H,4H2,1-3H3. The first-order valence-electron chi connectivity index (χ1n) is 6.86. The van der Waals surface area contributed by atoms with Gasteiger partial charge in [-0.3, -0.25) is 10.1 Å². The van der Waals surface area contributed by atoms with Crippen molar-refractivity contribution < 1.29 is 4.92 Å². The second-order valence-electron chi connectivity index (χ2n) is 4.83. The molecule has 1 N–H and O–H groups in total. The summed E-state index contributed by atoms with van der Waals surface area (Å²) in [5, 5.41) is 14.1. The summed E-state index contributed by atoms with van der Waals surface area (Å²) in [5.74, 6) is 0. The maximum absolute atomic E-state index is 11.1. The van der Waals surface area contributed by atoms with Crippen molar-refractivity contribution in [2.45, 2.75) is 13.8 Å². The van der Waals surface area contributed by atoms with E-state index in [0.717, 1.165) is 29.2 Å². The third kappa shape index (κ3) is 3.31. The van der Waals surface area contributed by atoms with Crippen molar-refractivity contribution in [3.8, 4) is 0 Å². The van der Waals surface area contributed by atoms with E-state index in [4.69, 9.17) is 0 Å². The van der Waals surface area contributed by atoms with Crippen molar-refractivity contribution in [3.05, 3.63) is 58.1 Å². The second-order valence-corrected chi connectivity index (χ2v) is 4.83. The fourth-order valence-electron chi connectivity index (χ4n) is 2.31. The van der Waals surface area contributed by atoms with Gasteiger partial charge in [-0.15, -0.1) is 0 Å². The highest BCUT2D eigenvalue weighted by Gasteiger charge is 2.14. The van der Waals surface area contributed by atoms with Gasteiger partial charge in [-0.2, -0.15) is 0 Å². The normalized spacial score (nSPS) is 10.2. The molecular formula is C16H19N3O2. The topological polar surface area (TPSA) is 58.4 Å². The summed E-state index contributed by atoms with van der Waals surface area (Å²) in [7, 11) is 1.76. The molecule has 5 nitrogen and oxygen atoms in total. The lowest BCUT2D eigenvalue weighted by Crippen LogP contribution is -2.16. The minimum absolute atomic E-state index is 0.0861. The van der Waals surface area contributed by atoms with E-state index in [-0.39, 0.29) is 10.6 Å². The molecule has 0 fully saturated rings. The van der Waals surface area contributed by atoms with E-state index in [0.29, 0.717) is 0 Å². The Hall–Kier alpha value is -2.56. The quantitative estimate of drug-likeness (QED) is 0.663. The summed E-state index contributed by atoms with van der Waals surface area (Å²) in [5.41, 5.74) is 3.81. The monoisotopic (exact) mass is 285 g/mol. The lowest BCUT2D eigenvalue weighted by molar-refractivity contribution is -0.384. The van der Waals surface area contributed by atoms with E-state index in [1.165, 1.54) is 6.07 Å². The maximum atomic E-state index is 11.1. The van der Waals surface area contributed by atoms with Crippen molar-refractivity contribution in [1.29, 1.82) is 0 Å². The molecular weight excluding hydrogens is 266 g/mol. The van der Waals surface area contributed by atoms with E-state index < -0.39 is 0 Å². The number of benzene rings is 2. The first-order chi connectivity index (χ1) is 10.0. The van der Waals surface area contributed by atoms with Crippen molar-refractivity contribution >= 4 is 22.7 Å². The number of rotatable bonds is 5. The Kier molecular flexibility index (Phi) is 4.42. The minimum Gasteiger partial charge on any atom is -0.388 e. The number of nitro groups is 1. The number of nitrogens with one attached hydrogen (secondary N) is 1. The molecule has 0 amide bonds. The van der Waals surface area contributed by atoms with Crippen LogP contribution in [0.2, 0.25) is 0 Å². The molecule has 2 rings (SSSR count). The molecule has 5 heteroatoms. The Balaban J connectivity index is 2.51. The molecule has 0 spiro atoms. The van der Waals surface area contributed by atoms with Crippen LogP contribution in [0.25, 0.3) is 0 Å². The number of nitrogens with zero attached hydrogens (tertiary/aromatic N) is 2. The average molecular weight is 285 g/mol. The van der Waals surface area contributed by atoms with E-state index in [1.54, 1.807) is 13.1 Å². The van der Waals surface area contributed by atoms with E-state index in [9.17, 15) is 10.1 Å². The van der Waals surface area contributed by atoms with E-state index in [2.05, 4.69) is 16.3 Å². The highest BCUT2D eigenvalue weighted by Crippen LogP contribution is 2.31. The number of hydrogen-bond acceptors (Lipinski definition) is 4. The molecule has 0 aromatic heterocycles. The van der Waals surface area contributed by atoms with Crippen LogP contribution in [0.5, 0.6) is 0 Å². The SMILES string of the molecule is CCN(c1cccc(C)c1)c1cc(NC)cc([N+](=O)[O-])c1. The Morgan fingerprint density at radius 3 is 2.52 bits per heavy atom. The van der Waals surface area contributed by atoms with Gasteiger partial charge in [0.2, 0.25) is 0 Å². The van der Waals surface area contributed by atoms with Gasteiger partial charge in [-0.1, -0.05) is 12.1 Å². The smallest absolute Gasteiger partial charge is 0.273 e. The number of non-ortho nitro benzene ring substituents is 1. The largest absolute Gasteiger partial charge is 0.388 e. The highest BCUT2D eigenvalue weighted by molar-refractivity contribution is 5.71. The molecule has 0 saturated carbocycles. The predicted octanol–water partition coefficient (Wildman–Crippen LogP) is 4.10. The first kappa shape index (κ1) is 14.8. The van der Waals surface area contributed by atoms with E-state index >= 15 is 0 Å². The second kappa shape index (κ2) is 6.26. The van der Waals surface area contributed by atoms with Crippen LogP contribution >= 0.6 is 0 Å². The first-order valence-corrected chi connectivity index (χ1v) is 6.86. The Bertz CT molecular complexity index is 656. The summed E-state index contributed by atoms with van der Waals surface area (Å²) < 4.78 is 0. The number of aryl methyl sites for hydroxylation is 1. The summed E-state index contributed by atoms with van der Waals surface area (Å²) in [6.45, 7) is 4.79. The Morgan fingerprint density at radius 1 is 1.19 bits per heavy atom. The van der Waals surface area contributed by atoms with Gasteiger partial charge < -0.3 is 10.2 Å². The van der Waals surface area contributed by atoms with Crippen LogP contribution < -0.4 is 10.2 Å². The van der Waals surface area contributed by atoms with Crippen LogP contribution in [0.3, 0.4) is 0 Å². The van der Waals surface area contributed by atoms with Gasteiger partial charge in [-0.05, 0) is 37.6 Å². The number of nitro benzene ring substituents is 1. The van der Waals surface area contributed by atoms with Crippen molar-refractivity contribution in [2.75, 3.05) is 23.8 Å². The molecule has 2 aromatic rings. The van der Waals surface area contributed by atoms with Crippen LogP contribution in [0.15, 0.2) is 42.5 Å². The zero-order valence-corrected chi connectivity index (χ0v) is 12.5. The van der Waals surface area contributed by atoms with E-state index in [1.807, 2.05) is 38.1 Å². The summed E-state index contributed by atoms with van der Waals surface area (Å²) >= 11 is 0. The van der Waals surface area contributed by atoms with Crippen molar-refractivity contribution in [2.24, 2.45) is 0 Å². The zero-order chi connectivity index (χ0) is 15.4. The van der Waals surface area contributed by atoms with Gasteiger partial charge in [0, 0.05) is 42.8 Å². The molecule has 0 bridgehead atoms. The third-order valence-corrected chi connectivity index (χ3v) is 3.34. The molecule has 0 aliphatic rings. The predicted molar refractivity (Wildman–Crippen MR) is 86.5 cm³/mol.